The van der Waals surface area contributed by atoms with Crippen molar-refractivity contribution in [2.24, 2.45) is 5.73 Å². The Hall–Kier alpha value is -1.20. The van der Waals surface area contributed by atoms with Crippen molar-refractivity contribution in [1.29, 1.82) is 0 Å². The van der Waals surface area contributed by atoms with E-state index in [2.05, 4.69) is 0 Å². The summed E-state index contributed by atoms with van der Waals surface area (Å²) >= 11 is 0. The zero-order valence-electron chi connectivity index (χ0n) is 11.3. The van der Waals surface area contributed by atoms with Gasteiger partial charge in [-0.2, -0.15) is 0 Å². The van der Waals surface area contributed by atoms with Gasteiger partial charge in [-0.25, -0.2) is 8.78 Å². The molecule has 1 heterocycles. The van der Waals surface area contributed by atoms with Crippen LogP contribution in [0.1, 0.15) is 19.4 Å². The molecular weight excluding hydrogens is 250 g/mol. The Morgan fingerprint density at radius 1 is 1.21 bits per heavy atom. The van der Waals surface area contributed by atoms with Crippen molar-refractivity contribution < 1.29 is 13.5 Å². The standard InChI is InChI=1S/C14H20F2N2O/c1-9-7-18(8-10(2)19-9)14-12(15)5-11(3-4-17)6-13(14)16/h5-6,9-10H,3-4,7-8,17H2,1-2H3. The summed E-state index contributed by atoms with van der Waals surface area (Å²) < 4.78 is 33.8. The first-order valence-corrected chi connectivity index (χ1v) is 6.59. The molecule has 1 saturated heterocycles. The number of rotatable bonds is 3. The lowest BCUT2D eigenvalue weighted by atomic mass is 10.1. The molecule has 3 nitrogen and oxygen atoms in total. The second kappa shape index (κ2) is 5.84. The van der Waals surface area contributed by atoms with Crippen molar-refractivity contribution >= 4 is 5.69 Å². The van der Waals surface area contributed by atoms with Crippen LogP contribution in [-0.2, 0) is 11.2 Å². The molecule has 0 saturated carbocycles. The third-order valence-corrected chi connectivity index (χ3v) is 3.25. The average Bonchev–Trinajstić information content (AvgIpc) is 2.26. The average molecular weight is 270 g/mol. The third kappa shape index (κ3) is 3.22. The summed E-state index contributed by atoms with van der Waals surface area (Å²) in [5.74, 6) is -1.05. The normalized spacial score (nSPS) is 23.7. The van der Waals surface area contributed by atoms with E-state index < -0.39 is 11.6 Å². The summed E-state index contributed by atoms with van der Waals surface area (Å²) in [6.07, 6.45) is 0.405. The second-order valence-electron chi connectivity index (χ2n) is 5.11. The number of nitrogens with zero attached hydrogens (tertiary/aromatic N) is 1. The summed E-state index contributed by atoms with van der Waals surface area (Å²) in [6.45, 7) is 5.18. The smallest absolute Gasteiger partial charge is 0.149 e. The summed E-state index contributed by atoms with van der Waals surface area (Å²) in [4.78, 5) is 1.72. The molecule has 1 aromatic carbocycles. The van der Waals surface area contributed by atoms with E-state index in [1.54, 1.807) is 4.90 Å². The van der Waals surface area contributed by atoms with E-state index in [1.165, 1.54) is 12.1 Å². The van der Waals surface area contributed by atoms with Gasteiger partial charge in [0.1, 0.15) is 17.3 Å². The summed E-state index contributed by atoms with van der Waals surface area (Å²) in [5.41, 5.74) is 6.04. The molecule has 0 radical (unpaired) electrons. The monoisotopic (exact) mass is 270 g/mol. The van der Waals surface area contributed by atoms with E-state index in [0.717, 1.165) is 0 Å². The molecule has 1 fully saturated rings. The molecular formula is C14H20F2N2O. The number of morpholine rings is 1. The van der Waals surface area contributed by atoms with Crippen LogP contribution in [0.15, 0.2) is 12.1 Å². The fourth-order valence-electron chi connectivity index (χ4n) is 2.59. The highest BCUT2D eigenvalue weighted by Crippen LogP contribution is 2.28. The Labute approximate surface area is 112 Å². The van der Waals surface area contributed by atoms with E-state index in [1.807, 2.05) is 13.8 Å². The maximum Gasteiger partial charge on any atom is 0.149 e. The number of halogens is 2. The second-order valence-corrected chi connectivity index (χ2v) is 5.11. The topological polar surface area (TPSA) is 38.5 Å². The van der Waals surface area contributed by atoms with E-state index in [4.69, 9.17) is 10.5 Å². The van der Waals surface area contributed by atoms with E-state index in [9.17, 15) is 8.78 Å². The first-order valence-electron chi connectivity index (χ1n) is 6.59. The van der Waals surface area contributed by atoms with Crippen LogP contribution in [0.2, 0.25) is 0 Å². The van der Waals surface area contributed by atoms with Gasteiger partial charge in [0.25, 0.3) is 0 Å². The third-order valence-electron chi connectivity index (χ3n) is 3.25. The predicted molar refractivity (Wildman–Crippen MR) is 71.3 cm³/mol. The van der Waals surface area contributed by atoms with Crippen molar-refractivity contribution in [3.63, 3.8) is 0 Å². The predicted octanol–water partition coefficient (Wildman–Crippen LogP) is 2.08. The molecule has 0 bridgehead atoms. The van der Waals surface area contributed by atoms with Crippen LogP contribution >= 0.6 is 0 Å². The molecule has 1 aliphatic rings. The molecule has 2 atom stereocenters. The molecule has 2 N–H and O–H groups in total. The number of hydrogen-bond donors (Lipinski definition) is 1. The van der Waals surface area contributed by atoms with Gasteiger partial charge in [-0.3, -0.25) is 0 Å². The van der Waals surface area contributed by atoms with E-state index in [-0.39, 0.29) is 17.9 Å². The first kappa shape index (κ1) is 14.2. The quantitative estimate of drug-likeness (QED) is 0.914. The van der Waals surface area contributed by atoms with Crippen molar-refractivity contribution in [3.8, 4) is 0 Å². The van der Waals surface area contributed by atoms with Crippen LogP contribution in [0.25, 0.3) is 0 Å². The minimum Gasteiger partial charge on any atom is -0.372 e. The van der Waals surface area contributed by atoms with Crippen molar-refractivity contribution in [2.75, 3.05) is 24.5 Å². The van der Waals surface area contributed by atoms with Crippen LogP contribution in [0.3, 0.4) is 0 Å². The van der Waals surface area contributed by atoms with E-state index >= 15 is 0 Å². The van der Waals surface area contributed by atoms with Crippen molar-refractivity contribution in [1.82, 2.24) is 0 Å². The Balaban J connectivity index is 2.29. The molecule has 106 valence electrons. The van der Waals surface area contributed by atoms with Crippen LogP contribution in [0.5, 0.6) is 0 Å². The SMILES string of the molecule is CC1CN(c2c(F)cc(CCN)cc2F)CC(C)O1. The zero-order valence-corrected chi connectivity index (χ0v) is 11.3. The highest BCUT2D eigenvalue weighted by atomic mass is 19.1. The van der Waals surface area contributed by atoms with Gasteiger partial charge in [0.05, 0.1) is 12.2 Å². The summed E-state index contributed by atoms with van der Waals surface area (Å²) in [6, 6.07) is 2.74. The lowest BCUT2D eigenvalue weighted by molar-refractivity contribution is -0.00558. The lowest BCUT2D eigenvalue weighted by Gasteiger charge is -2.37. The molecule has 2 rings (SSSR count). The lowest BCUT2D eigenvalue weighted by Crippen LogP contribution is -2.46. The van der Waals surface area contributed by atoms with Crippen LogP contribution < -0.4 is 10.6 Å². The Morgan fingerprint density at radius 2 is 1.74 bits per heavy atom. The first-order chi connectivity index (χ1) is 9.01. The number of ether oxygens (including phenoxy) is 1. The maximum atomic E-state index is 14.1. The highest BCUT2D eigenvalue weighted by molar-refractivity contribution is 5.51. The molecule has 0 aromatic heterocycles. The van der Waals surface area contributed by atoms with Gasteiger partial charge in [-0.15, -0.1) is 0 Å². The molecule has 0 amide bonds. The maximum absolute atomic E-state index is 14.1. The minimum absolute atomic E-state index is 0.0359. The Kier molecular flexibility index (Phi) is 4.37. The van der Waals surface area contributed by atoms with Crippen LogP contribution in [0.4, 0.5) is 14.5 Å². The molecule has 5 heteroatoms. The zero-order chi connectivity index (χ0) is 14.0. The number of anilines is 1. The number of hydrogen-bond acceptors (Lipinski definition) is 3. The van der Waals surface area contributed by atoms with Gasteiger partial charge in [-0.1, -0.05) is 0 Å². The Bertz CT molecular complexity index is 420. The summed E-state index contributed by atoms with van der Waals surface area (Å²) in [7, 11) is 0. The molecule has 2 unspecified atom stereocenters. The molecule has 0 aliphatic carbocycles. The van der Waals surface area contributed by atoms with Gasteiger partial charge in [0.2, 0.25) is 0 Å². The van der Waals surface area contributed by atoms with Gasteiger partial charge in [0, 0.05) is 13.1 Å². The molecule has 1 aromatic rings. The van der Waals surface area contributed by atoms with Crippen molar-refractivity contribution in [2.45, 2.75) is 32.5 Å². The number of nitrogens with two attached hydrogens (primary N) is 1. The van der Waals surface area contributed by atoms with Crippen LogP contribution in [-0.4, -0.2) is 31.8 Å². The molecule has 0 spiro atoms. The van der Waals surface area contributed by atoms with Gasteiger partial charge < -0.3 is 15.4 Å². The fraction of sp³-hybridized carbons (Fsp3) is 0.571. The van der Waals surface area contributed by atoms with Gasteiger partial charge in [-0.05, 0) is 44.5 Å². The summed E-state index contributed by atoms with van der Waals surface area (Å²) in [5, 5.41) is 0. The number of benzene rings is 1. The molecule has 1 aliphatic heterocycles. The highest BCUT2D eigenvalue weighted by Gasteiger charge is 2.26. The van der Waals surface area contributed by atoms with Gasteiger partial charge in [0.15, 0.2) is 0 Å². The minimum atomic E-state index is -0.523. The van der Waals surface area contributed by atoms with Gasteiger partial charge >= 0.3 is 0 Å². The fourth-order valence-corrected chi connectivity index (χ4v) is 2.59. The van der Waals surface area contributed by atoms with Crippen molar-refractivity contribution in [3.05, 3.63) is 29.3 Å². The van der Waals surface area contributed by atoms with Crippen LogP contribution in [0, 0.1) is 11.6 Å². The Morgan fingerprint density at radius 3 is 2.21 bits per heavy atom. The largest absolute Gasteiger partial charge is 0.372 e. The molecule has 19 heavy (non-hydrogen) atoms. The van der Waals surface area contributed by atoms with E-state index in [0.29, 0.717) is 31.6 Å².